The Bertz CT molecular complexity index is 937. The quantitative estimate of drug-likeness (QED) is 0.673. The number of benzene rings is 2. The molecule has 1 fully saturated rings. The molecule has 26 heavy (non-hydrogen) atoms. The Morgan fingerprint density at radius 3 is 2.88 bits per heavy atom. The Labute approximate surface area is 164 Å². The minimum absolute atomic E-state index is 0.154. The summed E-state index contributed by atoms with van der Waals surface area (Å²) in [4.78, 5) is 19.3. The van der Waals surface area contributed by atoms with Crippen LogP contribution in [0.1, 0.15) is 15.9 Å². The van der Waals surface area contributed by atoms with Gasteiger partial charge < -0.3 is 4.74 Å². The molecule has 1 aliphatic heterocycles. The number of fused-ring (bicyclic) bond motifs is 1. The van der Waals surface area contributed by atoms with Crippen molar-refractivity contribution in [3.8, 4) is 0 Å². The first-order valence-corrected chi connectivity index (χ1v) is 10.0. The molecular weight excluding hydrogens is 414 g/mol. The molecule has 2 aromatic carbocycles. The van der Waals surface area contributed by atoms with Crippen LogP contribution in [0, 0.1) is 0 Å². The third-order valence-corrected chi connectivity index (χ3v) is 5.70. The monoisotopic (exact) mass is 431 g/mol. The Balaban J connectivity index is 1.49. The Hall–Kier alpha value is -1.80. The van der Waals surface area contributed by atoms with Gasteiger partial charge in [-0.3, -0.25) is 15.0 Å². The number of morpholine rings is 1. The molecule has 0 aliphatic carbocycles. The van der Waals surface area contributed by atoms with Crippen molar-refractivity contribution in [2.75, 3.05) is 31.6 Å². The third kappa shape index (κ3) is 4.12. The van der Waals surface area contributed by atoms with Crippen molar-refractivity contribution in [1.82, 2.24) is 9.88 Å². The molecule has 4 rings (SSSR count). The molecule has 7 heteroatoms. The van der Waals surface area contributed by atoms with Crippen molar-refractivity contribution in [1.29, 1.82) is 0 Å². The van der Waals surface area contributed by atoms with E-state index in [0.717, 1.165) is 47.5 Å². The normalized spacial score (nSPS) is 15.3. The molecule has 134 valence electrons. The standard InChI is InChI=1S/C19H18BrN3O2S/c20-15-3-1-2-14(11-15)18(24)22-19-21-16-5-4-13(10-17(16)26-19)12-23-6-8-25-9-7-23/h1-5,10-11H,6-9,12H2,(H,21,22,24). The molecule has 1 saturated heterocycles. The van der Waals surface area contributed by atoms with Crippen LogP contribution in [0.5, 0.6) is 0 Å². The maximum absolute atomic E-state index is 12.4. The average Bonchev–Trinajstić information content (AvgIpc) is 3.04. The van der Waals surface area contributed by atoms with Crippen LogP contribution < -0.4 is 5.32 Å². The number of hydrogen-bond donors (Lipinski definition) is 1. The summed E-state index contributed by atoms with van der Waals surface area (Å²) in [5.74, 6) is -0.154. The van der Waals surface area contributed by atoms with Gasteiger partial charge in [-0.2, -0.15) is 0 Å². The summed E-state index contributed by atoms with van der Waals surface area (Å²) in [6.07, 6.45) is 0. The number of thiazole rings is 1. The van der Waals surface area contributed by atoms with Gasteiger partial charge in [0.05, 0.1) is 23.4 Å². The van der Waals surface area contributed by atoms with Crippen LogP contribution in [0.4, 0.5) is 5.13 Å². The van der Waals surface area contributed by atoms with Gasteiger partial charge in [-0.15, -0.1) is 0 Å². The van der Waals surface area contributed by atoms with E-state index in [-0.39, 0.29) is 5.91 Å². The first-order valence-electron chi connectivity index (χ1n) is 8.44. The van der Waals surface area contributed by atoms with Crippen LogP contribution in [0.25, 0.3) is 10.2 Å². The molecule has 0 bridgehead atoms. The van der Waals surface area contributed by atoms with E-state index in [4.69, 9.17) is 4.74 Å². The molecule has 3 aromatic rings. The van der Waals surface area contributed by atoms with Crippen molar-refractivity contribution in [2.24, 2.45) is 0 Å². The third-order valence-electron chi connectivity index (χ3n) is 4.27. The van der Waals surface area contributed by atoms with Crippen molar-refractivity contribution in [3.05, 3.63) is 58.1 Å². The second kappa shape index (κ2) is 7.84. The second-order valence-electron chi connectivity index (χ2n) is 6.17. The number of amides is 1. The highest BCUT2D eigenvalue weighted by molar-refractivity contribution is 9.10. The number of nitrogens with one attached hydrogen (secondary N) is 1. The van der Waals surface area contributed by atoms with Crippen LogP contribution >= 0.6 is 27.3 Å². The number of carbonyl (C=O) groups is 1. The van der Waals surface area contributed by atoms with Crippen molar-refractivity contribution >= 4 is 48.5 Å². The lowest BCUT2D eigenvalue weighted by molar-refractivity contribution is 0.0342. The van der Waals surface area contributed by atoms with Gasteiger partial charge in [-0.05, 0) is 35.9 Å². The lowest BCUT2D eigenvalue weighted by atomic mass is 10.2. The number of hydrogen-bond acceptors (Lipinski definition) is 5. The molecule has 0 spiro atoms. The van der Waals surface area contributed by atoms with E-state index in [1.807, 2.05) is 18.2 Å². The van der Waals surface area contributed by atoms with E-state index >= 15 is 0 Å². The highest BCUT2D eigenvalue weighted by Gasteiger charge is 2.13. The number of carbonyl (C=O) groups excluding carboxylic acids is 1. The fraction of sp³-hybridized carbons (Fsp3) is 0.263. The van der Waals surface area contributed by atoms with E-state index in [1.54, 1.807) is 12.1 Å². The number of nitrogens with zero attached hydrogens (tertiary/aromatic N) is 2. The smallest absolute Gasteiger partial charge is 0.257 e. The van der Waals surface area contributed by atoms with Crippen molar-refractivity contribution < 1.29 is 9.53 Å². The summed E-state index contributed by atoms with van der Waals surface area (Å²) in [5, 5.41) is 3.52. The van der Waals surface area contributed by atoms with Crippen LogP contribution in [0.3, 0.4) is 0 Å². The van der Waals surface area contributed by atoms with Crippen LogP contribution in [-0.2, 0) is 11.3 Å². The molecule has 5 nitrogen and oxygen atoms in total. The lowest BCUT2D eigenvalue weighted by Gasteiger charge is -2.26. The maximum Gasteiger partial charge on any atom is 0.257 e. The van der Waals surface area contributed by atoms with Gasteiger partial charge in [0, 0.05) is 29.7 Å². The van der Waals surface area contributed by atoms with E-state index in [9.17, 15) is 4.79 Å². The minimum Gasteiger partial charge on any atom is -0.379 e. The molecule has 1 amide bonds. The zero-order valence-corrected chi connectivity index (χ0v) is 16.5. The topological polar surface area (TPSA) is 54.5 Å². The molecule has 1 aliphatic rings. The van der Waals surface area contributed by atoms with Crippen LogP contribution in [-0.4, -0.2) is 42.1 Å². The predicted octanol–water partition coefficient (Wildman–Crippen LogP) is 4.14. The van der Waals surface area contributed by atoms with Gasteiger partial charge in [-0.25, -0.2) is 4.98 Å². The van der Waals surface area contributed by atoms with Crippen molar-refractivity contribution in [2.45, 2.75) is 6.54 Å². The molecule has 2 heterocycles. The van der Waals surface area contributed by atoms with E-state index < -0.39 is 0 Å². The van der Waals surface area contributed by atoms with Gasteiger partial charge in [0.2, 0.25) is 0 Å². The largest absolute Gasteiger partial charge is 0.379 e. The van der Waals surface area contributed by atoms with Gasteiger partial charge in [0.25, 0.3) is 5.91 Å². The Morgan fingerprint density at radius 2 is 2.08 bits per heavy atom. The number of aromatic nitrogens is 1. The highest BCUT2D eigenvalue weighted by atomic mass is 79.9. The minimum atomic E-state index is -0.154. The molecular formula is C19H18BrN3O2S. The zero-order valence-electron chi connectivity index (χ0n) is 14.1. The first kappa shape index (κ1) is 17.6. The molecule has 0 saturated carbocycles. The number of rotatable bonds is 4. The van der Waals surface area contributed by atoms with Gasteiger partial charge in [0.15, 0.2) is 5.13 Å². The second-order valence-corrected chi connectivity index (χ2v) is 8.12. The van der Waals surface area contributed by atoms with Gasteiger partial charge in [0.1, 0.15) is 0 Å². The van der Waals surface area contributed by atoms with Gasteiger partial charge in [-0.1, -0.05) is 39.4 Å². The predicted molar refractivity (Wildman–Crippen MR) is 108 cm³/mol. The molecule has 1 N–H and O–H groups in total. The van der Waals surface area contributed by atoms with Crippen LogP contribution in [0.2, 0.25) is 0 Å². The summed E-state index contributed by atoms with van der Waals surface area (Å²) in [6.45, 7) is 4.45. The molecule has 1 aromatic heterocycles. The zero-order chi connectivity index (χ0) is 17.9. The lowest BCUT2D eigenvalue weighted by Crippen LogP contribution is -2.35. The SMILES string of the molecule is O=C(Nc1nc2ccc(CN3CCOCC3)cc2s1)c1cccc(Br)c1. The molecule has 0 radical (unpaired) electrons. The summed E-state index contributed by atoms with van der Waals surface area (Å²) in [5.41, 5.74) is 2.77. The maximum atomic E-state index is 12.4. The Morgan fingerprint density at radius 1 is 1.23 bits per heavy atom. The van der Waals surface area contributed by atoms with E-state index in [2.05, 4.69) is 43.3 Å². The summed E-state index contributed by atoms with van der Waals surface area (Å²) in [6, 6.07) is 13.6. The average molecular weight is 432 g/mol. The Kier molecular flexibility index (Phi) is 5.31. The van der Waals surface area contributed by atoms with Gasteiger partial charge >= 0.3 is 0 Å². The van der Waals surface area contributed by atoms with E-state index in [0.29, 0.717) is 10.7 Å². The summed E-state index contributed by atoms with van der Waals surface area (Å²) in [7, 11) is 0. The van der Waals surface area contributed by atoms with Crippen molar-refractivity contribution in [3.63, 3.8) is 0 Å². The van der Waals surface area contributed by atoms with Crippen LogP contribution in [0.15, 0.2) is 46.9 Å². The summed E-state index contributed by atoms with van der Waals surface area (Å²) < 4.78 is 7.36. The molecule has 0 atom stereocenters. The first-order chi connectivity index (χ1) is 12.7. The highest BCUT2D eigenvalue weighted by Crippen LogP contribution is 2.28. The summed E-state index contributed by atoms with van der Waals surface area (Å²) >= 11 is 4.89. The fourth-order valence-electron chi connectivity index (χ4n) is 2.94. The fourth-order valence-corrected chi connectivity index (χ4v) is 4.26. The number of halogens is 1. The van der Waals surface area contributed by atoms with E-state index in [1.165, 1.54) is 16.9 Å². The molecule has 0 unspecified atom stereocenters. The number of ether oxygens (including phenoxy) is 1. The number of anilines is 1.